The summed E-state index contributed by atoms with van der Waals surface area (Å²) in [6.45, 7) is 2.67. The van der Waals surface area contributed by atoms with Crippen LogP contribution < -0.4 is 14.8 Å². The van der Waals surface area contributed by atoms with Crippen LogP contribution >= 0.6 is 0 Å². The van der Waals surface area contributed by atoms with Crippen molar-refractivity contribution in [2.75, 3.05) is 27.3 Å². The zero-order chi connectivity index (χ0) is 19.4. The van der Waals surface area contributed by atoms with Gasteiger partial charge in [0.15, 0.2) is 0 Å². The summed E-state index contributed by atoms with van der Waals surface area (Å²) in [5.41, 5.74) is 2.41. The number of carbonyl (C=O) groups excluding carboxylic acids is 2. The molecule has 2 aromatic carbocycles. The average molecular weight is 368 g/mol. The first kappa shape index (κ1) is 18.8. The predicted octanol–water partition coefficient (Wildman–Crippen LogP) is 2.72. The molecular formula is C21H24N2O4. The van der Waals surface area contributed by atoms with Crippen LogP contribution in [0.2, 0.25) is 0 Å². The van der Waals surface area contributed by atoms with Gasteiger partial charge in [-0.2, -0.15) is 0 Å². The number of ether oxygens (including phenoxy) is 2. The number of benzene rings is 2. The number of carbonyl (C=O) groups is 2. The fourth-order valence-electron chi connectivity index (χ4n) is 3.39. The van der Waals surface area contributed by atoms with Crippen LogP contribution in [0.5, 0.6) is 11.5 Å². The Labute approximate surface area is 159 Å². The van der Waals surface area contributed by atoms with Gasteiger partial charge in [-0.3, -0.25) is 9.59 Å². The molecule has 1 aliphatic heterocycles. The number of rotatable bonds is 5. The number of hydrogen-bond donors (Lipinski definition) is 1. The highest BCUT2D eigenvalue weighted by molar-refractivity contribution is 5.96. The molecule has 2 amide bonds. The van der Waals surface area contributed by atoms with Gasteiger partial charge in [-0.25, -0.2) is 0 Å². The van der Waals surface area contributed by atoms with E-state index in [4.69, 9.17) is 9.47 Å². The van der Waals surface area contributed by atoms with Gasteiger partial charge in [0.25, 0.3) is 5.91 Å². The van der Waals surface area contributed by atoms with E-state index in [0.29, 0.717) is 30.2 Å². The number of nitrogens with one attached hydrogen (secondary N) is 1. The quantitative estimate of drug-likeness (QED) is 0.881. The van der Waals surface area contributed by atoms with Crippen LogP contribution in [0.3, 0.4) is 0 Å². The second-order valence-electron chi connectivity index (χ2n) is 6.58. The van der Waals surface area contributed by atoms with E-state index >= 15 is 0 Å². The lowest BCUT2D eigenvalue weighted by Gasteiger charge is -2.18. The van der Waals surface area contributed by atoms with Crippen molar-refractivity contribution in [3.8, 4) is 22.6 Å². The second-order valence-corrected chi connectivity index (χ2v) is 6.58. The molecule has 6 nitrogen and oxygen atoms in total. The molecule has 6 heteroatoms. The molecule has 1 atom stereocenters. The third kappa shape index (κ3) is 4.22. The van der Waals surface area contributed by atoms with Gasteiger partial charge in [-0.15, -0.1) is 0 Å². The Bertz CT molecular complexity index is 850. The zero-order valence-electron chi connectivity index (χ0n) is 15.8. The largest absolute Gasteiger partial charge is 0.497 e. The predicted molar refractivity (Wildman–Crippen MR) is 103 cm³/mol. The molecule has 0 bridgehead atoms. The van der Waals surface area contributed by atoms with E-state index in [0.717, 1.165) is 17.5 Å². The zero-order valence-corrected chi connectivity index (χ0v) is 15.8. The number of amides is 2. The van der Waals surface area contributed by atoms with Crippen molar-refractivity contribution < 1.29 is 19.1 Å². The molecule has 1 fully saturated rings. The SMILES string of the molecule is COc1ccc(-c2cccc(C(=O)N3CC[C@@H](NC(C)=O)C3)c2)c(OC)c1. The topological polar surface area (TPSA) is 67.9 Å². The van der Waals surface area contributed by atoms with Crippen molar-refractivity contribution in [2.24, 2.45) is 0 Å². The van der Waals surface area contributed by atoms with Crippen molar-refractivity contribution in [3.63, 3.8) is 0 Å². The summed E-state index contributed by atoms with van der Waals surface area (Å²) in [6, 6.07) is 13.1. The van der Waals surface area contributed by atoms with Gasteiger partial charge < -0.3 is 19.7 Å². The molecule has 0 saturated carbocycles. The Morgan fingerprint density at radius 2 is 1.93 bits per heavy atom. The third-order valence-corrected chi connectivity index (χ3v) is 4.71. The fourth-order valence-corrected chi connectivity index (χ4v) is 3.39. The number of methoxy groups -OCH3 is 2. The molecule has 0 aromatic heterocycles. The Morgan fingerprint density at radius 3 is 2.63 bits per heavy atom. The molecule has 1 aliphatic rings. The molecule has 2 aromatic rings. The van der Waals surface area contributed by atoms with E-state index in [1.165, 1.54) is 6.92 Å². The monoisotopic (exact) mass is 368 g/mol. The van der Waals surface area contributed by atoms with Crippen molar-refractivity contribution >= 4 is 11.8 Å². The summed E-state index contributed by atoms with van der Waals surface area (Å²) in [7, 11) is 3.22. The van der Waals surface area contributed by atoms with Crippen LogP contribution in [-0.2, 0) is 4.79 Å². The second kappa shape index (κ2) is 8.12. The highest BCUT2D eigenvalue weighted by Gasteiger charge is 2.27. The first-order chi connectivity index (χ1) is 13.0. The highest BCUT2D eigenvalue weighted by atomic mass is 16.5. The summed E-state index contributed by atoms with van der Waals surface area (Å²) in [6.07, 6.45) is 0.775. The van der Waals surface area contributed by atoms with Crippen LogP contribution in [-0.4, -0.2) is 50.1 Å². The Morgan fingerprint density at radius 1 is 1.11 bits per heavy atom. The van der Waals surface area contributed by atoms with Crippen LogP contribution in [0.1, 0.15) is 23.7 Å². The van der Waals surface area contributed by atoms with Crippen LogP contribution in [0, 0.1) is 0 Å². The minimum Gasteiger partial charge on any atom is -0.497 e. The van der Waals surface area contributed by atoms with Gasteiger partial charge in [0.1, 0.15) is 11.5 Å². The van der Waals surface area contributed by atoms with Gasteiger partial charge in [-0.1, -0.05) is 12.1 Å². The molecule has 0 radical (unpaired) electrons. The number of hydrogen-bond acceptors (Lipinski definition) is 4. The van der Waals surface area contributed by atoms with Gasteiger partial charge in [0, 0.05) is 43.2 Å². The maximum atomic E-state index is 12.9. The summed E-state index contributed by atoms with van der Waals surface area (Å²) >= 11 is 0. The number of nitrogens with zero attached hydrogens (tertiary/aromatic N) is 1. The lowest BCUT2D eigenvalue weighted by Crippen LogP contribution is -2.37. The Hall–Kier alpha value is -3.02. The molecule has 0 aliphatic carbocycles. The lowest BCUT2D eigenvalue weighted by molar-refractivity contribution is -0.119. The minimum absolute atomic E-state index is 0.0244. The van der Waals surface area contributed by atoms with E-state index in [2.05, 4.69) is 5.32 Å². The van der Waals surface area contributed by atoms with Gasteiger partial charge in [0.05, 0.1) is 14.2 Å². The molecule has 27 heavy (non-hydrogen) atoms. The highest BCUT2D eigenvalue weighted by Crippen LogP contribution is 2.33. The number of likely N-dealkylation sites (tertiary alicyclic amines) is 1. The lowest BCUT2D eigenvalue weighted by atomic mass is 10.0. The van der Waals surface area contributed by atoms with E-state index in [-0.39, 0.29) is 17.9 Å². The molecule has 1 N–H and O–H groups in total. The minimum atomic E-state index is -0.0668. The fraction of sp³-hybridized carbons (Fsp3) is 0.333. The van der Waals surface area contributed by atoms with Crippen LogP contribution in [0.15, 0.2) is 42.5 Å². The summed E-state index contributed by atoms with van der Waals surface area (Å²) in [5, 5.41) is 2.88. The van der Waals surface area contributed by atoms with Gasteiger partial charge in [0.2, 0.25) is 5.91 Å². The molecule has 1 saturated heterocycles. The van der Waals surface area contributed by atoms with Crippen LogP contribution in [0.4, 0.5) is 0 Å². The van der Waals surface area contributed by atoms with E-state index in [1.54, 1.807) is 19.1 Å². The maximum absolute atomic E-state index is 12.9. The standard InChI is InChI=1S/C21H24N2O4/c1-14(24)22-17-9-10-23(13-17)21(25)16-6-4-5-15(11-16)19-8-7-18(26-2)12-20(19)27-3/h4-8,11-12,17H,9-10,13H2,1-3H3,(H,22,24)/t17-/m1/s1. The normalized spacial score (nSPS) is 16.1. The molecular weight excluding hydrogens is 344 g/mol. The average Bonchev–Trinajstić information content (AvgIpc) is 3.14. The summed E-state index contributed by atoms with van der Waals surface area (Å²) in [4.78, 5) is 25.9. The summed E-state index contributed by atoms with van der Waals surface area (Å²) < 4.78 is 10.7. The van der Waals surface area contributed by atoms with Crippen molar-refractivity contribution in [1.82, 2.24) is 10.2 Å². The third-order valence-electron chi connectivity index (χ3n) is 4.71. The maximum Gasteiger partial charge on any atom is 0.253 e. The van der Waals surface area contributed by atoms with E-state index in [1.807, 2.05) is 42.5 Å². The van der Waals surface area contributed by atoms with E-state index < -0.39 is 0 Å². The first-order valence-corrected chi connectivity index (χ1v) is 8.90. The summed E-state index contributed by atoms with van der Waals surface area (Å²) in [5.74, 6) is 1.30. The molecule has 0 spiro atoms. The van der Waals surface area contributed by atoms with Gasteiger partial charge >= 0.3 is 0 Å². The molecule has 142 valence electrons. The van der Waals surface area contributed by atoms with Gasteiger partial charge in [-0.05, 0) is 36.2 Å². The van der Waals surface area contributed by atoms with Crippen molar-refractivity contribution in [3.05, 3.63) is 48.0 Å². The first-order valence-electron chi connectivity index (χ1n) is 8.90. The smallest absolute Gasteiger partial charge is 0.253 e. The van der Waals surface area contributed by atoms with Crippen molar-refractivity contribution in [2.45, 2.75) is 19.4 Å². The Balaban J connectivity index is 1.82. The Kier molecular flexibility index (Phi) is 5.64. The van der Waals surface area contributed by atoms with Crippen LogP contribution in [0.25, 0.3) is 11.1 Å². The van der Waals surface area contributed by atoms with Crippen molar-refractivity contribution in [1.29, 1.82) is 0 Å². The molecule has 0 unspecified atom stereocenters. The van der Waals surface area contributed by atoms with E-state index in [9.17, 15) is 9.59 Å². The molecule has 3 rings (SSSR count). The molecule has 1 heterocycles.